The molecule has 0 spiro atoms. The highest BCUT2D eigenvalue weighted by molar-refractivity contribution is 8.00. The highest BCUT2D eigenvalue weighted by Gasteiger charge is 2.23. The van der Waals surface area contributed by atoms with E-state index in [1.807, 2.05) is 62.4 Å². The maximum atomic E-state index is 12.7. The number of likely N-dealkylation sites (N-methyl/N-ethyl adjacent to an activating group) is 1. The third-order valence-electron chi connectivity index (χ3n) is 4.84. The molecule has 0 saturated heterocycles. The van der Waals surface area contributed by atoms with Crippen molar-refractivity contribution in [3.63, 3.8) is 0 Å². The summed E-state index contributed by atoms with van der Waals surface area (Å²) in [6, 6.07) is 15.4. The van der Waals surface area contributed by atoms with E-state index in [0.29, 0.717) is 11.1 Å². The van der Waals surface area contributed by atoms with Gasteiger partial charge >= 0.3 is 0 Å². The van der Waals surface area contributed by atoms with E-state index in [2.05, 4.69) is 15.5 Å². The summed E-state index contributed by atoms with van der Waals surface area (Å²) < 4.78 is 5.73. The van der Waals surface area contributed by atoms with Gasteiger partial charge in [0.1, 0.15) is 0 Å². The molecule has 2 aromatic carbocycles. The van der Waals surface area contributed by atoms with Crippen molar-refractivity contribution in [2.45, 2.75) is 37.7 Å². The number of nitrogens with one attached hydrogen (secondary N) is 1. The Labute approximate surface area is 186 Å². The number of rotatable bonds is 8. The number of hydrogen-bond donors (Lipinski definition) is 1. The lowest BCUT2D eigenvalue weighted by atomic mass is 10.1. The van der Waals surface area contributed by atoms with E-state index in [1.54, 1.807) is 14.0 Å². The van der Waals surface area contributed by atoms with Crippen molar-refractivity contribution in [1.82, 2.24) is 15.1 Å². The summed E-state index contributed by atoms with van der Waals surface area (Å²) in [6.07, 6.45) is 0.813. The van der Waals surface area contributed by atoms with Gasteiger partial charge in [-0.25, -0.2) is 0 Å². The first-order valence-corrected chi connectivity index (χ1v) is 11.0. The average molecular weight is 439 g/mol. The molecule has 1 N–H and O–H groups in total. The standard InChI is InChI=1S/C23H26N4O3S/c1-5-17-11-7-9-13-19(17)24-20(28)14-27(4)22(29)16(3)31-23-26-25-21(30-23)18-12-8-6-10-15(18)2/h6-13,16H,5,14H2,1-4H3,(H,24,28). The number of aromatic nitrogens is 2. The van der Waals surface area contributed by atoms with Crippen molar-refractivity contribution in [2.75, 3.05) is 18.9 Å². The molecule has 8 heteroatoms. The molecule has 0 saturated carbocycles. The molecule has 1 unspecified atom stereocenters. The lowest BCUT2D eigenvalue weighted by molar-refractivity contribution is -0.132. The molecule has 0 fully saturated rings. The Kier molecular flexibility index (Phi) is 7.46. The maximum Gasteiger partial charge on any atom is 0.277 e. The molecule has 7 nitrogen and oxygen atoms in total. The Hall–Kier alpha value is -3.13. The quantitative estimate of drug-likeness (QED) is 0.531. The number of carbonyl (C=O) groups is 2. The summed E-state index contributed by atoms with van der Waals surface area (Å²) >= 11 is 1.18. The predicted molar refractivity (Wildman–Crippen MR) is 122 cm³/mol. The molecule has 1 atom stereocenters. The van der Waals surface area contributed by atoms with Crippen molar-refractivity contribution >= 4 is 29.3 Å². The van der Waals surface area contributed by atoms with E-state index in [4.69, 9.17) is 4.42 Å². The lowest BCUT2D eigenvalue weighted by Crippen LogP contribution is -2.39. The number of para-hydroxylation sites is 1. The second kappa shape index (κ2) is 10.3. The molecule has 0 bridgehead atoms. The lowest BCUT2D eigenvalue weighted by Gasteiger charge is -2.20. The molecule has 3 rings (SSSR count). The van der Waals surface area contributed by atoms with Crippen molar-refractivity contribution in [1.29, 1.82) is 0 Å². The molecule has 2 amide bonds. The zero-order valence-electron chi connectivity index (χ0n) is 18.1. The van der Waals surface area contributed by atoms with Gasteiger partial charge in [-0.2, -0.15) is 0 Å². The van der Waals surface area contributed by atoms with Crippen LogP contribution >= 0.6 is 11.8 Å². The van der Waals surface area contributed by atoms with Gasteiger partial charge in [-0.15, -0.1) is 10.2 Å². The van der Waals surface area contributed by atoms with Crippen molar-refractivity contribution < 1.29 is 14.0 Å². The molecule has 162 valence electrons. The Morgan fingerprint density at radius 1 is 1.13 bits per heavy atom. The van der Waals surface area contributed by atoms with Gasteiger partial charge in [-0.3, -0.25) is 9.59 Å². The number of thioether (sulfide) groups is 1. The zero-order valence-corrected chi connectivity index (χ0v) is 18.9. The van der Waals surface area contributed by atoms with Crippen LogP contribution in [0.3, 0.4) is 0 Å². The van der Waals surface area contributed by atoms with Gasteiger partial charge in [0.25, 0.3) is 5.22 Å². The normalized spacial score (nSPS) is 11.7. The second-order valence-corrected chi connectivity index (χ2v) is 8.49. The first-order chi connectivity index (χ1) is 14.9. The Balaban J connectivity index is 1.57. The molecule has 1 aromatic heterocycles. The predicted octanol–water partition coefficient (Wildman–Crippen LogP) is 4.19. The van der Waals surface area contributed by atoms with Gasteiger partial charge in [-0.1, -0.05) is 55.1 Å². The van der Waals surface area contributed by atoms with E-state index in [0.717, 1.165) is 28.8 Å². The highest BCUT2D eigenvalue weighted by atomic mass is 32.2. The van der Waals surface area contributed by atoms with Gasteiger partial charge in [0, 0.05) is 18.3 Å². The summed E-state index contributed by atoms with van der Waals surface area (Å²) in [4.78, 5) is 26.5. The number of benzene rings is 2. The Morgan fingerprint density at radius 3 is 2.58 bits per heavy atom. The highest BCUT2D eigenvalue weighted by Crippen LogP contribution is 2.28. The summed E-state index contributed by atoms with van der Waals surface area (Å²) in [7, 11) is 1.61. The van der Waals surface area contributed by atoms with E-state index >= 15 is 0 Å². The molecule has 0 radical (unpaired) electrons. The monoisotopic (exact) mass is 438 g/mol. The van der Waals surface area contributed by atoms with Crippen LogP contribution in [0.25, 0.3) is 11.5 Å². The van der Waals surface area contributed by atoms with Crippen LogP contribution in [0, 0.1) is 6.92 Å². The number of anilines is 1. The van der Waals surface area contributed by atoms with Crippen LogP contribution in [0.2, 0.25) is 0 Å². The minimum Gasteiger partial charge on any atom is -0.411 e. The fourth-order valence-corrected chi connectivity index (χ4v) is 3.92. The molecule has 31 heavy (non-hydrogen) atoms. The molecule has 3 aromatic rings. The Bertz CT molecular complexity index is 1070. The van der Waals surface area contributed by atoms with Crippen molar-refractivity contribution in [3.05, 3.63) is 59.7 Å². The first-order valence-electron chi connectivity index (χ1n) is 10.1. The van der Waals surface area contributed by atoms with E-state index in [-0.39, 0.29) is 18.4 Å². The average Bonchev–Trinajstić information content (AvgIpc) is 3.21. The van der Waals surface area contributed by atoms with E-state index in [1.165, 1.54) is 16.7 Å². The maximum absolute atomic E-state index is 12.7. The van der Waals surface area contributed by atoms with E-state index < -0.39 is 5.25 Å². The number of hydrogen-bond acceptors (Lipinski definition) is 6. The molecule has 1 heterocycles. The van der Waals surface area contributed by atoms with Crippen molar-refractivity contribution in [2.24, 2.45) is 0 Å². The van der Waals surface area contributed by atoms with Crippen LogP contribution in [-0.4, -0.2) is 45.8 Å². The summed E-state index contributed by atoms with van der Waals surface area (Å²) in [6.45, 7) is 5.71. The number of amides is 2. The zero-order chi connectivity index (χ0) is 22.4. The van der Waals surface area contributed by atoms with Crippen LogP contribution in [0.15, 0.2) is 58.2 Å². The largest absolute Gasteiger partial charge is 0.411 e. The summed E-state index contributed by atoms with van der Waals surface area (Å²) in [5, 5.41) is 10.9. The second-order valence-electron chi connectivity index (χ2n) is 7.20. The third kappa shape index (κ3) is 5.73. The molecule has 0 aliphatic heterocycles. The van der Waals surface area contributed by atoms with Crippen LogP contribution in [0.4, 0.5) is 5.69 Å². The minimum absolute atomic E-state index is 0.0416. The van der Waals surface area contributed by atoms with Gasteiger partial charge in [0.05, 0.1) is 11.8 Å². The Morgan fingerprint density at radius 2 is 1.84 bits per heavy atom. The SMILES string of the molecule is CCc1ccccc1NC(=O)CN(C)C(=O)C(C)Sc1nnc(-c2ccccc2C)o1. The summed E-state index contributed by atoms with van der Waals surface area (Å²) in [5.41, 5.74) is 3.71. The van der Waals surface area contributed by atoms with Crippen LogP contribution in [-0.2, 0) is 16.0 Å². The topological polar surface area (TPSA) is 88.3 Å². The van der Waals surface area contributed by atoms with Gasteiger partial charge in [-0.05, 0) is 43.5 Å². The van der Waals surface area contributed by atoms with Crippen LogP contribution < -0.4 is 5.32 Å². The summed E-state index contributed by atoms with van der Waals surface area (Å²) in [5.74, 6) is -0.0179. The molecule has 0 aliphatic carbocycles. The number of carbonyl (C=O) groups excluding carboxylic acids is 2. The number of nitrogens with zero attached hydrogens (tertiary/aromatic N) is 3. The molecular weight excluding hydrogens is 412 g/mol. The minimum atomic E-state index is -0.481. The number of aryl methyl sites for hydroxylation is 2. The first kappa shape index (κ1) is 22.6. The third-order valence-corrected chi connectivity index (χ3v) is 5.76. The van der Waals surface area contributed by atoms with Crippen LogP contribution in [0.5, 0.6) is 0 Å². The molecular formula is C23H26N4O3S. The van der Waals surface area contributed by atoms with Crippen molar-refractivity contribution in [3.8, 4) is 11.5 Å². The van der Waals surface area contributed by atoms with Gasteiger partial charge in [0.15, 0.2) is 0 Å². The molecule has 0 aliphatic rings. The fourth-order valence-electron chi connectivity index (χ4n) is 3.12. The van der Waals surface area contributed by atoms with E-state index in [9.17, 15) is 9.59 Å². The fraction of sp³-hybridized carbons (Fsp3) is 0.304. The van der Waals surface area contributed by atoms with Crippen LogP contribution in [0.1, 0.15) is 25.0 Å². The van der Waals surface area contributed by atoms with Gasteiger partial charge < -0.3 is 14.6 Å². The van der Waals surface area contributed by atoms with Gasteiger partial charge in [0.2, 0.25) is 17.7 Å². The smallest absolute Gasteiger partial charge is 0.277 e.